The molecule has 1 unspecified atom stereocenters. The van der Waals surface area contributed by atoms with Crippen molar-refractivity contribution in [1.82, 2.24) is 9.47 Å². The molecule has 0 bridgehead atoms. The van der Waals surface area contributed by atoms with Crippen molar-refractivity contribution in [2.75, 3.05) is 18.1 Å². The Hall–Kier alpha value is -0.950. The van der Waals surface area contributed by atoms with Crippen molar-refractivity contribution in [3.8, 4) is 0 Å². The SMILES string of the molecule is CCn1cc(Br)cc1C(=O)N1CCSCC1C(=O)O. The molecule has 19 heavy (non-hydrogen) atoms. The van der Waals surface area contributed by atoms with E-state index in [9.17, 15) is 14.7 Å². The summed E-state index contributed by atoms with van der Waals surface area (Å²) in [6.45, 7) is 3.10. The first kappa shape index (κ1) is 14.5. The van der Waals surface area contributed by atoms with Crippen LogP contribution in [0.1, 0.15) is 17.4 Å². The number of thioether (sulfide) groups is 1. The fourth-order valence-electron chi connectivity index (χ4n) is 2.11. The quantitative estimate of drug-likeness (QED) is 0.907. The highest BCUT2D eigenvalue weighted by Crippen LogP contribution is 2.22. The van der Waals surface area contributed by atoms with Crippen molar-refractivity contribution >= 4 is 39.6 Å². The number of carboxylic acids is 1. The average Bonchev–Trinajstić information content (AvgIpc) is 2.79. The Labute approximate surface area is 124 Å². The van der Waals surface area contributed by atoms with E-state index in [0.29, 0.717) is 24.5 Å². The maximum Gasteiger partial charge on any atom is 0.327 e. The normalized spacial score (nSPS) is 19.5. The van der Waals surface area contributed by atoms with Gasteiger partial charge in [0.1, 0.15) is 11.7 Å². The summed E-state index contributed by atoms with van der Waals surface area (Å²) in [5.74, 6) is 0.0907. The van der Waals surface area contributed by atoms with Gasteiger partial charge in [0.05, 0.1) is 0 Å². The fourth-order valence-corrected chi connectivity index (χ4v) is 3.62. The van der Waals surface area contributed by atoms with Crippen LogP contribution in [0.3, 0.4) is 0 Å². The molecule has 1 N–H and O–H groups in total. The summed E-state index contributed by atoms with van der Waals surface area (Å²) in [5.41, 5.74) is 0.535. The lowest BCUT2D eigenvalue weighted by atomic mass is 10.2. The van der Waals surface area contributed by atoms with E-state index >= 15 is 0 Å². The molecule has 1 saturated heterocycles. The van der Waals surface area contributed by atoms with Gasteiger partial charge in [-0.2, -0.15) is 11.8 Å². The summed E-state index contributed by atoms with van der Waals surface area (Å²) < 4.78 is 2.66. The molecule has 0 aliphatic carbocycles. The molecule has 1 amide bonds. The van der Waals surface area contributed by atoms with Gasteiger partial charge in [-0.25, -0.2) is 4.79 Å². The van der Waals surface area contributed by atoms with Crippen molar-refractivity contribution in [2.24, 2.45) is 0 Å². The molecule has 7 heteroatoms. The van der Waals surface area contributed by atoms with E-state index in [0.717, 1.165) is 10.2 Å². The van der Waals surface area contributed by atoms with Crippen LogP contribution in [0, 0.1) is 0 Å². The number of aryl methyl sites for hydroxylation is 1. The number of rotatable bonds is 3. The van der Waals surface area contributed by atoms with E-state index in [-0.39, 0.29) is 5.91 Å². The summed E-state index contributed by atoms with van der Waals surface area (Å²) in [7, 11) is 0. The van der Waals surface area contributed by atoms with Crippen LogP contribution in [-0.4, -0.2) is 50.5 Å². The molecule has 0 aromatic carbocycles. The monoisotopic (exact) mass is 346 g/mol. The first-order chi connectivity index (χ1) is 9.04. The van der Waals surface area contributed by atoms with E-state index in [4.69, 9.17) is 0 Å². The number of carboxylic acid groups (broad SMARTS) is 1. The van der Waals surface area contributed by atoms with Gasteiger partial charge in [-0.1, -0.05) is 0 Å². The van der Waals surface area contributed by atoms with Gasteiger partial charge >= 0.3 is 5.97 Å². The van der Waals surface area contributed by atoms with Gasteiger partial charge in [-0.3, -0.25) is 4.79 Å². The molecule has 104 valence electrons. The summed E-state index contributed by atoms with van der Waals surface area (Å²) in [6.07, 6.45) is 1.84. The van der Waals surface area contributed by atoms with Crippen LogP contribution in [0.25, 0.3) is 0 Å². The Morgan fingerprint density at radius 3 is 2.95 bits per heavy atom. The lowest BCUT2D eigenvalue weighted by Crippen LogP contribution is -2.50. The maximum atomic E-state index is 12.5. The highest BCUT2D eigenvalue weighted by Gasteiger charge is 2.33. The van der Waals surface area contributed by atoms with Crippen molar-refractivity contribution in [2.45, 2.75) is 19.5 Å². The molecule has 2 rings (SSSR count). The van der Waals surface area contributed by atoms with Crippen molar-refractivity contribution in [3.63, 3.8) is 0 Å². The number of amides is 1. The largest absolute Gasteiger partial charge is 0.480 e. The molecule has 1 aliphatic rings. The minimum Gasteiger partial charge on any atom is -0.480 e. The van der Waals surface area contributed by atoms with Gasteiger partial charge in [0.15, 0.2) is 0 Å². The first-order valence-electron chi connectivity index (χ1n) is 6.01. The molecular weight excluding hydrogens is 332 g/mol. The fraction of sp³-hybridized carbons (Fsp3) is 0.500. The number of hydrogen-bond donors (Lipinski definition) is 1. The van der Waals surface area contributed by atoms with Gasteiger partial charge in [0.25, 0.3) is 5.91 Å². The standard InChI is InChI=1S/C12H15BrN2O3S/c1-2-14-6-8(13)5-9(14)11(16)15-3-4-19-7-10(15)12(17)18/h5-6,10H,2-4,7H2,1H3,(H,17,18). The van der Waals surface area contributed by atoms with Gasteiger partial charge in [-0.15, -0.1) is 0 Å². The Morgan fingerprint density at radius 2 is 2.32 bits per heavy atom. The number of hydrogen-bond acceptors (Lipinski definition) is 3. The molecule has 0 radical (unpaired) electrons. The minimum atomic E-state index is -0.936. The first-order valence-corrected chi connectivity index (χ1v) is 7.96. The predicted molar refractivity (Wildman–Crippen MR) is 77.6 cm³/mol. The van der Waals surface area contributed by atoms with Crippen molar-refractivity contribution < 1.29 is 14.7 Å². The van der Waals surface area contributed by atoms with Crippen LogP contribution < -0.4 is 0 Å². The van der Waals surface area contributed by atoms with Gasteiger partial charge in [0.2, 0.25) is 0 Å². The second kappa shape index (κ2) is 6.00. The van der Waals surface area contributed by atoms with E-state index in [1.54, 1.807) is 17.8 Å². The minimum absolute atomic E-state index is 0.208. The summed E-state index contributed by atoms with van der Waals surface area (Å²) in [4.78, 5) is 25.2. The Kier molecular flexibility index (Phi) is 4.57. The summed E-state index contributed by atoms with van der Waals surface area (Å²) in [6, 6.07) is 1.01. The number of carbonyl (C=O) groups is 2. The molecule has 5 nitrogen and oxygen atoms in total. The topological polar surface area (TPSA) is 62.5 Å². The zero-order chi connectivity index (χ0) is 14.0. The van der Waals surface area contributed by atoms with Crippen LogP contribution >= 0.6 is 27.7 Å². The molecule has 0 spiro atoms. The van der Waals surface area contributed by atoms with Crippen molar-refractivity contribution in [3.05, 3.63) is 22.4 Å². The molecule has 1 aromatic rings. The zero-order valence-electron chi connectivity index (χ0n) is 10.5. The molecule has 0 saturated carbocycles. The Bertz CT molecular complexity index is 503. The highest BCUT2D eigenvalue weighted by molar-refractivity contribution is 9.10. The maximum absolute atomic E-state index is 12.5. The van der Waals surface area contributed by atoms with Crippen LogP contribution in [0.15, 0.2) is 16.7 Å². The van der Waals surface area contributed by atoms with Gasteiger partial charge in [0, 0.05) is 35.3 Å². The third-order valence-corrected chi connectivity index (χ3v) is 4.55. The number of halogens is 1. The number of carbonyl (C=O) groups excluding carboxylic acids is 1. The van der Waals surface area contributed by atoms with E-state index in [2.05, 4.69) is 15.9 Å². The van der Waals surface area contributed by atoms with Crippen LogP contribution in [0.5, 0.6) is 0 Å². The van der Waals surface area contributed by atoms with Gasteiger partial charge in [-0.05, 0) is 28.9 Å². The number of nitrogens with zero attached hydrogens (tertiary/aromatic N) is 2. The van der Waals surface area contributed by atoms with Crippen LogP contribution in [0.4, 0.5) is 0 Å². The third kappa shape index (κ3) is 2.97. The lowest BCUT2D eigenvalue weighted by Gasteiger charge is -2.32. The predicted octanol–water partition coefficient (Wildman–Crippen LogP) is 1.91. The Balaban J connectivity index is 2.28. The second-order valence-corrected chi connectivity index (χ2v) is 6.32. The molecule has 1 fully saturated rings. The summed E-state index contributed by atoms with van der Waals surface area (Å²) in [5, 5.41) is 9.21. The smallest absolute Gasteiger partial charge is 0.327 e. The molecular formula is C12H15BrN2O3S. The number of aromatic nitrogens is 1. The van der Waals surface area contributed by atoms with Crippen LogP contribution in [0.2, 0.25) is 0 Å². The Morgan fingerprint density at radius 1 is 1.58 bits per heavy atom. The van der Waals surface area contributed by atoms with Crippen molar-refractivity contribution in [1.29, 1.82) is 0 Å². The third-order valence-electron chi connectivity index (χ3n) is 3.10. The molecule has 2 heterocycles. The second-order valence-electron chi connectivity index (χ2n) is 4.26. The van der Waals surface area contributed by atoms with E-state index in [1.807, 2.05) is 17.7 Å². The van der Waals surface area contributed by atoms with Crippen LogP contribution in [-0.2, 0) is 11.3 Å². The lowest BCUT2D eigenvalue weighted by molar-refractivity contribution is -0.141. The highest BCUT2D eigenvalue weighted by atomic mass is 79.9. The van der Waals surface area contributed by atoms with E-state index in [1.165, 1.54) is 4.90 Å². The molecule has 1 aliphatic heterocycles. The average molecular weight is 347 g/mol. The summed E-state index contributed by atoms with van der Waals surface area (Å²) >= 11 is 4.92. The number of aliphatic carboxylic acids is 1. The van der Waals surface area contributed by atoms with E-state index < -0.39 is 12.0 Å². The van der Waals surface area contributed by atoms with Gasteiger partial charge < -0.3 is 14.6 Å². The zero-order valence-corrected chi connectivity index (χ0v) is 12.9. The molecule has 1 aromatic heterocycles. The molecule has 1 atom stereocenters.